The number of nitrogens with one attached hydrogen (secondary N) is 1. The van der Waals surface area contributed by atoms with Crippen molar-refractivity contribution in [3.63, 3.8) is 0 Å². The average Bonchev–Trinajstić information content (AvgIpc) is 2.37. The van der Waals surface area contributed by atoms with E-state index in [1.54, 1.807) is 13.1 Å². The standard InChI is InChI=1S/C6H10BNO3/c1-8-4-5-2-3-6(11-5)7(9)10/h2-3,8-10H,4H2,1H3. The molecule has 0 aliphatic carbocycles. The molecule has 1 aromatic rings. The van der Waals surface area contributed by atoms with Gasteiger partial charge in [0.1, 0.15) is 11.4 Å². The zero-order chi connectivity index (χ0) is 8.27. The molecule has 1 rings (SSSR count). The fourth-order valence-electron chi connectivity index (χ4n) is 0.803. The minimum absolute atomic E-state index is 0.176. The van der Waals surface area contributed by atoms with E-state index in [2.05, 4.69) is 5.32 Å². The van der Waals surface area contributed by atoms with E-state index in [-0.39, 0.29) is 5.66 Å². The van der Waals surface area contributed by atoms with Crippen LogP contribution < -0.4 is 11.0 Å². The van der Waals surface area contributed by atoms with Crippen molar-refractivity contribution in [1.29, 1.82) is 0 Å². The van der Waals surface area contributed by atoms with Crippen LogP contribution in [0.5, 0.6) is 0 Å². The smallest absolute Gasteiger partial charge is 0.468 e. The summed E-state index contributed by atoms with van der Waals surface area (Å²) in [7, 11) is 0.276. The Morgan fingerprint density at radius 3 is 2.73 bits per heavy atom. The molecule has 11 heavy (non-hydrogen) atoms. The van der Waals surface area contributed by atoms with Crippen molar-refractivity contribution in [2.75, 3.05) is 7.05 Å². The van der Waals surface area contributed by atoms with Crippen LogP contribution in [0.15, 0.2) is 16.5 Å². The molecule has 5 heteroatoms. The lowest BCUT2D eigenvalue weighted by Gasteiger charge is -1.93. The molecule has 3 N–H and O–H groups in total. The Morgan fingerprint density at radius 1 is 1.55 bits per heavy atom. The van der Waals surface area contributed by atoms with Gasteiger partial charge < -0.3 is 19.8 Å². The van der Waals surface area contributed by atoms with Gasteiger partial charge >= 0.3 is 7.12 Å². The third-order valence-electron chi connectivity index (χ3n) is 1.29. The number of furan rings is 1. The van der Waals surface area contributed by atoms with Crippen molar-refractivity contribution in [2.45, 2.75) is 6.54 Å². The SMILES string of the molecule is CNCc1ccc(B(O)O)o1. The molecule has 0 amide bonds. The monoisotopic (exact) mass is 155 g/mol. The maximum atomic E-state index is 8.65. The van der Waals surface area contributed by atoms with Crippen LogP contribution in [0, 0.1) is 0 Å². The van der Waals surface area contributed by atoms with Gasteiger partial charge in [-0.2, -0.15) is 0 Å². The number of hydrogen-bond donors (Lipinski definition) is 3. The van der Waals surface area contributed by atoms with Crippen LogP contribution in [0.3, 0.4) is 0 Å². The Labute approximate surface area is 65.0 Å². The molecule has 0 aromatic carbocycles. The normalized spacial score (nSPS) is 10.1. The molecule has 0 unspecified atom stereocenters. The molecule has 1 aromatic heterocycles. The Balaban J connectivity index is 2.66. The van der Waals surface area contributed by atoms with Gasteiger partial charge in [0.2, 0.25) is 0 Å². The van der Waals surface area contributed by atoms with Crippen LogP contribution in [-0.2, 0) is 6.54 Å². The number of hydrogen-bond acceptors (Lipinski definition) is 4. The van der Waals surface area contributed by atoms with Gasteiger partial charge in [0.25, 0.3) is 0 Å². The molecule has 0 saturated heterocycles. The van der Waals surface area contributed by atoms with Crippen LogP contribution in [0.4, 0.5) is 0 Å². The zero-order valence-corrected chi connectivity index (χ0v) is 6.24. The Bertz CT molecular complexity index is 223. The second kappa shape index (κ2) is 3.57. The molecule has 1 heterocycles. The van der Waals surface area contributed by atoms with Crippen LogP contribution in [0.25, 0.3) is 0 Å². The van der Waals surface area contributed by atoms with Gasteiger partial charge in [-0.05, 0) is 19.2 Å². The summed E-state index contributed by atoms with van der Waals surface area (Å²) in [6.07, 6.45) is 0. The highest BCUT2D eigenvalue weighted by atomic mass is 16.4. The summed E-state index contributed by atoms with van der Waals surface area (Å²) >= 11 is 0. The van der Waals surface area contributed by atoms with E-state index < -0.39 is 7.12 Å². The molecule has 0 radical (unpaired) electrons. The van der Waals surface area contributed by atoms with Gasteiger partial charge in [-0.25, -0.2) is 0 Å². The quantitative estimate of drug-likeness (QED) is 0.473. The molecule has 0 aliphatic rings. The molecule has 4 nitrogen and oxygen atoms in total. The van der Waals surface area contributed by atoms with Crippen molar-refractivity contribution in [3.05, 3.63) is 17.9 Å². The van der Waals surface area contributed by atoms with Crippen LogP contribution >= 0.6 is 0 Å². The fraction of sp³-hybridized carbons (Fsp3) is 0.333. The molecule has 0 atom stereocenters. The lowest BCUT2D eigenvalue weighted by atomic mass is 9.88. The van der Waals surface area contributed by atoms with E-state index in [1.807, 2.05) is 0 Å². The largest absolute Gasteiger partial charge is 0.526 e. The molecular weight excluding hydrogens is 145 g/mol. The predicted octanol–water partition coefficient (Wildman–Crippen LogP) is -1.32. The molecule has 0 spiro atoms. The summed E-state index contributed by atoms with van der Waals surface area (Å²) in [6, 6.07) is 3.24. The maximum Gasteiger partial charge on any atom is 0.526 e. The Morgan fingerprint density at radius 2 is 2.27 bits per heavy atom. The average molecular weight is 155 g/mol. The maximum absolute atomic E-state index is 8.65. The van der Waals surface area contributed by atoms with E-state index in [0.29, 0.717) is 12.3 Å². The predicted molar refractivity (Wildman–Crippen MR) is 41.3 cm³/mol. The van der Waals surface area contributed by atoms with Crippen molar-refractivity contribution in [2.24, 2.45) is 0 Å². The summed E-state index contributed by atoms with van der Waals surface area (Å²) < 4.78 is 5.02. The zero-order valence-electron chi connectivity index (χ0n) is 6.24. The topological polar surface area (TPSA) is 65.6 Å². The minimum Gasteiger partial charge on any atom is -0.468 e. The molecule has 0 saturated carbocycles. The first kappa shape index (κ1) is 8.32. The van der Waals surface area contributed by atoms with Crippen molar-refractivity contribution < 1.29 is 14.5 Å². The first-order valence-corrected chi connectivity index (χ1v) is 3.33. The van der Waals surface area contributed by atoms with E-state index in [1.165, 1.54) is 6.07 Å². The van der Waals surface area contributed by atoms with Crippen LogP contribution in [0.1, 0.15) is 5.76 Å². The highest BCUT2D eigenvalue weighted by molar-refractivity contribution is 6.56. The van der Waals surface area contributed by atoms with E-state index in [4.69, 9.17) is 14.5 Å². The Hall–Kier alpha value is -0.775. The van der Waals surface area contributed by atoms with Gasteiger partial charge in [-0.3, -0.25) is 0 Å². The molecular formula is C6H10BNO3. The summed E-state index contributed by atoms with van der Waals surface area (Å²) in [4.78, 5) is 0. The fourth-order valence-corrected chi connectivity index (χ4v) is 0.803. The van der Waals surface area contributed by atoms with E-state index >= 15 is 0 Å². The van der Waals surface area contributed by atoms with Gasteiger partial charge in [0, 0.05) is 0 Å². The van der Waals surface area contributed by atoms with Gasteiger partial charge in [-0.1, -0.05) is 0 Å². The lowest BCUT2D eigenvalue weighted by molar-refractivity contribution is 0.403. The van der Waals surface area contributed by atoms with Crippen molar-refractivity contribution >= 4 is 12.8 Å². The highest BCUT2D eigenvalue weighted by Gasteiger charge is 2.15. The molecule has 0 fully saturated rings. The second-order valence-corrected chi connectivity index (χ2v) is 2.21. The van der Waals surface area contributed by atoms with Crippen molar-refractivity contribution in [1.82, 2.24) is 5.32 Å². The summed E-state index contributed by atoms with van der Waals surface area (Å²) in [6.45, 7) is 0.590. The lowest BCUT2D eigenvalue weighted by Crippen LogP contribution is -2.28. The van der Waals surface area contributed by atoms with Gasteiger partial charge in [0.15, 0.2) is 0 Å². The van der Waals surface area contributed by atoms with Gasteiger partial charge in [-0.15, -0.1) is 0 Å². The summed E-state index contributed by atoms with van der Waals surface area (Å²) in [5, 5.41) is 20.2. The third kappa shape index (κ3) is 2.08. The van der Waals surface area contributed by atoms with Gasteiger partial charge in [0.05, 0.1) is 6.54 Å². The van der Waals surface area contributed by atoms with Crippen LogP contribution in [0.2, 0.25) is 0 Å². The highest BCUT2D eigenvalue weighted by Crippen LogP contribution is 1.96. The minimum atomic E-state index is -1.51. The third-order valence-corrected chi connectivity index (χ3v) is 1.29. The molecule has 0 bridgehead atoms. The molecule has 0 aliphatic heterocycles. The van der Waals surface area contributed by atoms with Crippen molar-refractivity contribution in [3.8, 4) is 0 Å². The first-order valence-electron chi connectivity index (χ1n) is 3.33. The first-order chi connectivity index (χ1) is 5.24. The second-order valence-electron chi connectivity index (χ2n) is 2.21. The van der Waals surface area contributed by atoms with E-state index in [0.717, 1.165) is 0 Å². The van der Waals surface area contributed by atoms with E-state index in [9.17, 15) is 0 Å². The van der Waals surface area contributed by atoms with Crippen LogP contribution in [-0.4, -0.2) is 24.2 Å². The summed E-state index contributed by atoms with van der Waals surface area (Å²) in [5.41, 5.74) is 0.176. The summed E-state index contributed by atoms with van der Waals surface area (Å²) in [5.74, 6) is 0.690. The molecule has 60 valence electrons. The number of rotatable bonds is 3. The Kier molecular flexibility index (Phi) is 2.70.